The lowest BCUT2D eigenvalue weighted by Gasteiger charge is -2.34. The van der Waals surface area contributed by atoms with E-state index in [-0.39, 0.29) is 6.04 Å². The molecule has 19 heavy (non-hydrogen) atoms. The zero-order valence-corrected chi connectivity index (χ0v) is 12.8. The van der Waals surface area contributed by atoms with Crippen molar-refractivity contribution in [2.24, 2.45) is 11.1 Å². The molecule has 0 fully saturated rings. The van der Waals surface area contributed by atoms with Crippen LogP contribution in [0.2, 0.25) is 0 Å². The molecular formula is C16H22N2S. The topological polar surface area (TPSA) is 30.9 Å². The third-order valence-electron chi connectivity index (χ3n) is 4.16. The van der Waals surface area contributed by atoms with Gasteiger partial charge in [0.2, 0.25) is 0 Å². The predicted molar refractivity (Wildman–Crippen MR) is 81.6 cm³/mol. The number of rotatable bonds is 2. The second kappa shape index (κ2) is 4.50. The first-order valence-corrected chi connectivity index (χ1v) is 7.81. The highest BCUT2D eigenvalue weighted by Crippen LogP contribution is 2.41. The summed E-state index contributed by atoms with van der Waals surface area (Å²) >= 11 is 1.83. The van der Waals surface area contributed by atoms with Gasteiger partial charge in [-0.15, -0.1) is 11.3 Å². The van der Waals surface area contributed by atoms with Gasteiger partial charge in [0, 0.05) is 22.3 Å². The number of hydrogen-bond acceptors (Lipinski definition) is 2. The summed E-state index contributed by atoms with van der Waals surface area (Å²) in [4.78, 5) is 1.42. The zero-order chi connectivity index (χ0) is 13.6. The van der Waals surface area contributed by atoms with Gasteiger partial charge in [-0.3, -0.25) is 0 Å². The minimum atomic E-state index is 0.196. The molecule has 0 aliphatic heterocycles. The lowest BCUT2D eigenvalue weighted by atomic mass is 9.74. The molecule has 3 heteroatoms. The Bertz CT molecular complexity index is 578. The minimum absolute atomic E-state index is 0.196. The van der Waals surface area contributed by atoms with Gasteiger partial charge in [0.15, 0.2) is 0 Å². The molecule has 2 aromatic rings. The highest BCUT2D eigenvalue weighted by molar-refractivity contribution is 7.09. The molecule has 0 radical (unpaired) electrons. The Morgan fingerprint density at radius 3 is 2.95 bits per heavy atom. The molecule has 0 amide bonds. The first kappa shape index (κ1) is 12.9. The molecule has 0 saturated carbocycles. The fraction of sp³-hybridized carbons (Fsp3) is 0.500. The van der Waals surface area contributed by atoms with Crippen LogP contribution in [0.5, 0.6) is 0 Å². The van der Waals surface area contributed by atoms with Gasteiger partial charge in [0.25, 0.3) is 0 Å². The van der Waals surface area contributed by atoms with Crippen LogP contribution in [-0.2, 0) is 13.0 Å². The molecule has 2 heterocycles. The largest absolute Gasteiger partial charge is 0.343 e. The van der Waals surface area contributed by atoms with Crippen molar-refractivity contribution >= 4 is 11.3 Å². The summed E-state index contributed by atoms with van der Waals surface area (Å²) in [6, 6.07) is 6.83. The van der Waals surface area contributed by atoms with E-state index in [1.165, 1.54) is 21.8 Å². The summed E-state index contributed by atoms with van der Waals surface area (Å²) in [5.74, 6) is 0. The molecule has 1 aliphatic rings. The minimum Gasteiger partial charge on any atom is -0.343 e. The number of aromatic nitrogens is 1. The van der Waals surface area contributed by atoms with Crippen LogP contribution in [0.1, 0.15) is 48.1 Å². The predicted octanol–water partition coefficient (Wildman–Crippen LogP) is 3.88. The van der Waals surface area contributed by atoms with Crippen molar-refractivity contribution < 1.29 is 0 Å². The molecule has 2 aromatic heterocycles. The molecular weight excluding hydrogens is 252 g/mol. The van der Waals surface area contributed by atoms with E-state index < -0.39 is 0 Å². The van der Waals surface area contributed by atoms with Crippen LogP contribution in [-0.4, -0.2) is 4.57 Å². The van der Waals surface area contributed by atoms with Gasteiger partial charge < -0.3 is 10.3 Å². The van der Waals surface area contributed by atoms with Crippen molar-refractivity contribution in [1.82, 2.24) is 4.57 Å². The number of thiophene rings is 1. The van der Waals surface area contributed by atoms with Gasteiger partial charge in [-0.1, -0.05) is 19.9 Å². The van der Waals surface area contributed by atoms with Gasteiger partial charge in [-0.05, 0) is 48.3 Å². The zero-order valence-electron chi connectivity index (χ0n) is 11.9. The van der Waals surface area contributed by atoms with E-state index in [1.807, 2.05) is 11.3 Å². The van der Waals surface area contributed by atoms with Crippen LogP contribution in [0, 0.1) is 12.3 Å². The third kappa shape index (κ3) is 2.37. The van der Waals surface area contributed by atoms with Crippen LogP contribution in [0.25, 0.3) is 0 Å². The van der Waals surface area contributed by atoms with Gasteiger partial charge >= 0.3 is 0 Å². The Morgan fingerprint density at radius 2 is 2.26 bits per heavy atom. The first-order valence-electron chi connectivity index (χ1n) is 6.93. The smallest absolute Gasteiger partial charge is 0.0568 e. The Hall–Kier alpha value is -1.06. The second-order valence-corrected chi connectivity index (χ2v) is 7.54. The average Bonchev–Trinajstić information content (AvgIpc) is 2.90. The van der Waals surface area contributed by atoms with Crippen molar-refractivity contribution in [3.63, 3.8) is 0 Å². The SMILES string of the molecule is Cc1cc2c(n1Cc1cccs1)CC(C)(C)CC2N. The van der Waals surface area contributed by atoms with E-state index >= 15 is 0 Å². The Kier molecular flexibility index (Phi) is 3.06. The fourth-order valence-electron chi connectivity index (χ4n) is 3.28. The van der Waals surface area contributed by atoms with Crippen molar-refractivity contribution in [2.45, 2.75) is 46.2 Å². The molecule has 0 bridgehead atoms. The molecule has 1 aliphatic carbocycles. The quantitative estimate of drug-likeness (QED) is 0.885. The molecule has 3 rings (SSSR count). The van der Waals surface area contributed by atoms with Gasteiger partial charge in [-0.2, -0.15) is 0 Å². The third-order valence-corrected chi connectivity index (χ3v) is 5.02. The van der Waals surface area contributed by atoms with E-state index in [1.54, 1.807) is 0 Å². The van der Waals surface area contributed by atoms with Crippen molar-refractivity contribution in [3.8, 4) is 0 Å². The van der Waals surface area contributed by atoms with Gasteiger partial charge in [-0.25, -0.2) is 0 Å². The maximum Gasteiger partial charge on any atom is 0.0568 e. The van der Waals surface area contributed by atoms with Crippen LogP contribution in [0.3, 0.4) is 0 Å². The summed E-state index contributed by atoms with van der Waals surface area (Å²) in [5, 5.41) is 2.15. The van der Waals surface area contributed by atoms with E-state index in [0.29, 0.717) is 5.41 Å². The highest BCUT2D eigenvalue weighted by atomic mass is 32.1. The van der Waals surface area contributed by atoms with E-state index in [4.69, 9.17) is 5.73 Å². The summed E-state index contributed by atoms with van der Waals surface area (Å²) in [7, 11) is 0. The Labute approximate surface area is 119 Å². The van der Waals surface area contributed by atoms with Crippen molar-refractivity contribution in [3.05, 3.63) is 45.4 Å². The maximum atomic E-state index is 6.37. The molecule has 0 saturated heterocycles. The summed E-state index contributed by atoms with van der Waals surface area (Å²) < 4.78 is 2.46. The van der Waals surface area contributed by atoms with E-state index in [0.717, 1.165) is 19.4 Å². The maximum absolute atomic E-state index is 6.37. The number of fused-ring (bicyclic) bond motifs is 1. The molecule has 0 spiro atoms. The van der Waals surface area contributed by atoms with E-state index in [2.05, 4.69) is 48.9 Å². The normalized spacial score (nSPS) is 21.4. The van der Waals surface area contributed by atoms with Gasteiger partial charge in [0.1, 0.15) is 0 Å². The van der Waals surface area contributed by atoms with Crippen LogP contribution in [0.15, 0.2) is 23.6 Å². The number of nitrogens with two attached hydrogens (primary N) is 1. The molecule has 102 valence electrons. The number of aryl methyl sites for hydroxylation is 1. The standard InChI is InChI=1S/C16H22N2S/c1-11-7-13-14(17)8-16(2,3)9-15(13)18(11)10-12-5-4-6-19-12/h4-7,14H,8-10,17H2,1-3H3. The van der Waals surface area contributed by atoms with Crippen molar-refractivity contribution in [2.75, 3.05) is 0 Å². The second-order valence-electron chi connectivity index (χ2n) is 6.50. The monoisotopic (exact) mass is 274 g/mol. The molecule has 2 N–H and O–H groups in total. The number of nitrogens with zero attached hydrogens (tertiary/aromatic N) is 1. The molecule has 1 atom stereocenters. The molecule has 1 unspecified atom stereocenters. The lowest BCUT2D eigenvalue weighted by Crippen LogP contribution is -2.30. The van der Waals surface area contributed by atoms with E-state index in [9.17, 15) is 0 Å². The molecule has 0 aromatic carbocycles. The van der Waals surface area contributed by atoms with Crippen LogP contribution < -0.4 is 5.73 Å². The average molecular weight is 274 g/mol. The van der Waals surface area contributed by atoms with Gasteiger partial charge in [0.05, 0.1) is 6.54 Å². The molecule has 2 nitrogen and oxygen atoms in total. The number of hydrogen-bond donors (Lipinski definition) is 1. The summed E-state index contributed by atoms with van der Waals surface area (Å²) in [5.41, 5.74) is 10.8. The Balaban J connectivity index is 2.02. The van der Waals surface area contributed by atoms with Crippen LogP contribution >= 0.6 is 11.3 Å². The summed E-state index contributed by atoms with van der Waals surface area (Å²) in [6.45, 7) is 7.84. The van der Waals surface area contributed by atoms with Crippen molar-refractivity contribution in [1.29, 1.82) is 0 Å². The summed E-state index contributed by atoms with van der Waals surface area (Å²) in [6.07, 6.45) is 2.22. The highest BCUT2D eigenvalue weighted by Gasteiger charge is 2.33. The first-order chi connectivity index (χ1) is 8.96. The van der Waals surface area contributed by atoms with Crippen LogP contribution in [0.4, 0.5) is 0 Å². The Morgan fingerprint density at radius 1 is 1.47 bits per heavy atom. The lowest BCUT2D eigenvalue weighted by molar-refractivity contribution is 0.276. The fourth-order valence-corrected chi connectivity index (χ4v) is 3.98.